The molecule has 0 N–H and O–H groups in total. The summed E-state index contributed by atoms with van der Waals surface area (Å²) in [6, 6.07) is 2.07. The van der Waals surface area contributed by atoms with Gasteiger partial charge in [-0.2, -0.15) is 5.26 Å². The third-order valence-electron chi connectivity index (χ3n) is 1.22. The van der Waals surface area contributed by atoms with E-state index in [1.165, 1.54) is 0 Å². The van der Waals surface area contributed by atoms with Crippen LogP contribution in [0.5, 0.6) is 0 Å². The van der Waals surface area contributed by atoms with Crippen LogP contribution in [-0.4, -0.2) is 12.7 Å². The smallest absolute Gasteiger partial charge is 0.0706 e. The molecule has 0 bridgehead atoms. The molecule has 1 unspecified atom stereocenters. The number of nitriles is 1. The van der Waals surface area contributed by atoms with Crippen LogP contribution in [0.4, 0.5) is 0 Å². The van der Waals surface area contributed by atoms with Gasteiger partial charge in [0.2, 0.25) is 0 Å². The molecule has 0 saturated heterocycles. The van der Waals surface area contributed by atoms with E-state index in [2.05, 4.69) is 12.6 Å². The van der Waals surface area contributed by atoms with Crippen molar-refractivity contribution in [2.75, 3.05) is 6.61 Å². The molecule has 0 heterocycles. The van der Waals surface area contributed by atoms with Gasteiger partial charge in [-0.15, -0.1) is 6.58 Å². The molecule has 0 fully saturated rings. The predicted octanol–water partition coefficient (Wildman–Crippen LogP) is 1.88. The van der Waals surface area contributed by atoms with Gasteiger partial charge in [0.1, 0.15) is 0 Å². The molecule has 0 saturated carbocycles. The molecule has 2 heteroatoms. The molecule has 0 aliphatic rings. The van der Waals surface area contributed by atoms with Gasteiger partial charge >= 0.3 is 0 Å². The van der Waals surface area contributed by atoms with Crippen molar-refractivity contribution in [3.8, 4) is 6.07 Å². The number of ether oxygens (including phenoxy) is 1. The van der Waals surface area contributed by atoms with Crippen LogP contribution in [0.3, 0.4) is 0 Å². The van der Waals surface area contributed by atoms with Crippen molar-refractivity contribution in [3.63, 3.8) is 0 Å². The molecule has 0 spiro atoms. The standard InChI is InChI=1S/C8H13NO/c1-3-7-10-8(4-2)5-6-9/h3,8H,1,4-5,7H2,2H3. The van der Waals surface area contributed by atoms with Gasteiger partial charge in [-0.3, -0.25) is 0 Å². The van der Waals surface area contributed by atoms with Gasteiger partial charge in [0.25, 0.3) is 0 Å². The minimum Gasteiger partial charge on any atom is -0.373 e. The summed E-state index contributed by atoms with van der Waals surface area (Å²) in [5.74, 6) is 0. The lowest BCUT2D eigenvalue weighted by Crippen LogP contribution is -2.10. The Morgan fingerprint density at radius 2 is 2.50 bits per heavy atom. The normalized spacial score (nSPS) is 12.0. The van der Waals surface area contributed by atoms with Crippen LogP contribution < -0.4 is 0 Å². The van der Waals surface area contributed by atoms with E-state index < -0.39 is 0 Å². The highest BCUT2D eigenvalue weighted by atomic mass is 16.5. The first-order valence-corrected chi connectivity index (χ1v) is 3.44. The van der Waals surface area contributed by atoms with Crippen LogP contribution in [0, 0.1) is 11.3 Å². The Balaban J connectivity index is 3.41. The molecule has 0 aromatic heterocycles. The summed E-state index contributed by atoms with van der Waals surface area (Å²) in [5.41, 5.74) is 0. The first-order chi connectivity index (χ1) is 4.85. The lowest BCUT2D eigenvalue weighted by molar-refractivity contribution is 0.0752. The number of nitrogens with zero attached hydrogens (tertiary/aromatic N) is 1. The Morgan fingerprint density at radius 3 is 2.90 bits per heavy atom. The van der Waals surface area contributed by atoms with Gasteiger partial charge in [-0.1, -0.05) is 13.0 Å². The molecule has 2 nitrogen and oxygen atoms in total. The van der Waals surface area contributed by atoms with E-state index in [9.17, 15) is 0 Å². The van der Waals surface area contributed by atoms with Crippen LogP contribution in [0.1, 0.15) is 19.8 Å². The molecule has 0 aliphatic carbocycles. The zero-order valence-electron chi connectivity index (χ0n) is 6.34. The average molecular weight is 139 g/mol. The minimum absolute atomic E-state index is 0.0861. The van der Waals surface area contributed by atoms with Crippen LogP contribution in [0.15, 0.2) is 12.7 Å². The lowest BCUT2D eigenvalue weighted by Gasteiger charge is -2.09. The third kappa shape index (κ3) is 4.11. The monoisotopic (exact) mass is 139 g/mol. The van der Waals surface area contributed by atoms with Crippen molar-refractivity contribution in [2.45, 2.75) is 25.9 Å². The molecule has 0 aromatic rings. The van der Waals surface area contributed by atoms with Crippen molar-refractivity contribution >= 4 is 0 Å². The van der Waals surface area contributed by atoms with Crippen molar-refractivity contribution in [1.82, 2.24) is 0 Å². The third-order valence-corrected chi connectivity index (χ3v) is 1.22. The Hall–Kier alpha value is -0.810. The summed E-state index contributed by atoms with van der Waals surface area (Å²) in [6.45, 7) is 6.07. The van der Waals surface area contributed by atoms with Crippen molar-refractivity contribution in [2.24, 2.45) is 0 Å². The molecule has 0 amide bonds. The summed E-state index contributed by atoms with van der Waals surface area (Å²) in [7, 11) is 0. The summed E-state index contributed by atoms with van der Waals surface area (Å²) in [6.07, 6.45) is 3.15. The van der Waals surface area contributed by atoms with E-state index in [-0.39, 0.29) is 6.10 Å². The van der Waals surface area contributed by atoms with E-state index in [1.54, 1.807) is 6.08 Å². The Bertz CT molecular complexity index is 126. The fourth-order valence-electron chi connectivity index (χ4n) is 0.627. The number of hydrogen-bond acceptors (Lipinski definition) is 2. The van der Waals surface area contributed by atoms with Gasteiger partial charge in [0, 0.05) is 0 Å². The molecule has 10 heavy (non-hydrogen) atoms. The van der Waals surface area contributed by atoms with Crippen LogP contribution in [0.2, 0.25) is 0 Å². The lowest BCUT2D eigenvalue weighted by atomic mass is 10.2. The predicted molar refractivity (Wildman–Crippen MR) is 40.5 cm³/mol. The summed E-state index contributed by atoms with van der Waals surface area (Å²) in [5, 5.41) is 8.31. The number of rotatable bonds is 5. The molecular weight excluding hydrogens is 126 g/mol. The molecule has 0 aliphatic heterocycles. The molecule has 56 valence electrons. The Morgan fingerprint density at radius 1 is 1.80 bits per heavy atom. The van der Waals surface area contributed by atoms with Gasteiger partial charge in [-0.25, -0.2) is 0 Å². The summed E-state index contributed by atoms with van der Waals surface area (Å²) < 4.78 is 5.24. The largest absolute Gasteiger partial charge is 0.373 e. The molecule has 0 rings (SSSR count). The zero-order chi connectivity index (χ0) is 7.82. The van der Waals surface area contributed by atoms with E-state index in [0.717, 1.165) is 6.42 Å². The first-order valence-electron chi connectivity index (χ1n) is 3.44. The summed E-state index contributed by atoms with van der Waals surface area (Å²) in [4.78, 5) is 0. The van der Waals surface area contributed by atoms with E-state index in [1.807, 2.05) is 6.92 Å². The van der Waals surface area contributed by atoms with Gasteiger partial charge in [0.15, 0.2) is 0 Å². The van der Waals surface area contributed by atoms with Gasteiger partial charge < -0.3 is 4.74 Å². The second-order valence-corrected chi connectivity index (χ2v) is 2.01. The van der Waals surface area contributed by atoms with Crippen LogP contribution in [-0.2, 0) is 4.74 Å². The molecular formula is C8H13NO. The van der Waals surface area contributed by atoms with Crippen LogP contribution >= 0.6 is 0 Å². The fourth-order valence-corrected chi connectivity index (χ4v) is 0.627. The SMILES string of the molecule is C=CCOC(CC)CC#N. The minimum atomic E-state index is 0.0861. The Labute approximate surface area is 62.1 Å². The highest BCUT2D eigenvalue weighted by molar-refractivity contribution is 4.76. The first kappa shape index (κ1) is 9.19. The second-order valence-electron chi connectivity index (χ2n) is 2.01. The van der Waals surface area contributed by atoms with Gasteiger partial charge in [-0.05, 0) is 6.42 Å². The van der Waals surface area contributed by atoms with Crippen LogP contribution in [0.25, 0.3) is 0 Å². The Kier molecular flexibility index (Phi) is 5.80. The second kappa shape index (κ2) is 6.31. The molecule has 1 atom stereocenters. The highest BCUT2D eigenvalue weighted by Gasteiger charge is 2.02. The van der Waals surface area contributed by atoms with E-state index in [4.69, 9.17) is 10.00 Å². The van der Waals surface area contributed by atoms with Crippen molar-refractivity contribution in [1.29, 1.82) is 5.26 Å². The van der Waals surface area contributed by atoms with Gasteiger partial charge in [0.05, 0.1) is 25.2 Å². The maximum atomic E-state index is 8.31. The van der Waals surface area contributed by atoms with E-state index >= 15 is 0 Å². The van der Waals surface area contributed by atoms with Crippen molar-refractivity contribution in [3.05, 3.63) is 12.7 Å². The highest BCUT2D eigenvalue weighted by Crippen LogP contribution is 2.01. The quantitative estimate of drug-likeness (QED) is 0.545. The van der Waals surface area contributed by atoms with E-state index in [0.29, 0.717) is 13.0 Å². The topological polar surface area (TPSA) is 33.0 Å². The molecule has 0 aromatic carbocycles. The number of hydrogen-bond donors (Lipinski definition) is 0. The van der Waals surface area contributed by atoms with Crippen molar-refractivity contribution < 1.29 is 4.74 Å². The zero-order valence-corrected chi connectivity index (χ0v) is 6.34. The molecule has 0 radical (unpaired) electrons. The average Bonchev–Trinajstić information content (AvgIpc) is 1.98. The maximum absolute atomic E-state index is 8.31. The maximum Gasteiger partial charge on any atom is 0.0706 e. The fraction of sp³-hybridized carbons (Fsp3) is 0.625. The summed E-state index contributed by atoms with van der Waals surface area (Å²) >= 11 is 0.